The topological polar surface area (TPSA) is 29.5 Å². The lowest BCUT2D eigenvalue weighted by atomic mass is 9.90. The van der Waals surface area contributed by atoms with Gasteiger partial charge < -0.3 is 9.84 Å². The van der Waals surface area contributed by atoms with Crippen LogP contribution in [-0.4, -0.2) is 12.2 Å². The number of benzene rings is 1. The second-order valence-corrected chi connectivity index (χ2v) is 4.61. The maximum atomic E-state index is 10.4. The van der Waals surface area contributed by atoms with Crippen molar-refractivity contribution in [3.8, 4) is 5.75 Å². The molecule has 0 aromatic heterocycles. The Morgan fingerprint density at radius 3 is 2.53 bits per heavy atom. The minimum Gasteiger partial charge on any atom is -0.496 e. The van der Waals surface area contributed by atoms with Gasteiger partial charge in [-0.3, -0.25) is 0 Å². The molecule has 1 aromatic carbocycles. The number of methoxy groups -OCH3 is 1. The van der Waals surface area contributed by atoms with Gasteiger partial charge in [-0.05, 0) is 55.9 Å². The van der Waals surface area contributed by atoms with Gasteiger partial charge in [-0.15, -0.1) is 0 Å². The van der Waals surface area contributed by atoms with Crippen LogP contribution in [-0.2, 0) is 5.60 Å². The Kier molecular flexibility index (Phi) is 2.47. The van der Waals surface area contributed by atoms with Crippen molar-refractivity contribution in [2.24, 2.45) is 5.92 Å². The summed E-state index contributed by atoms with van der Waals surface area (Å²) in [5.74, 6) is 1.32. The molecule has 1 aliphatic carbocycles. The molecule has 1 fully saturated rings. The Morgan fingerprint density at radius 2 is 2.07 bits per heavy atom. The zero-order chi connectivity index (χ0) is 11.1. The first-order valence-electron chi connectivity index (χ1n) is 5.43. The maximum absolute atomic E-state index is 10.4. The largest absolute Gasteiger partial charge is 0.496 e. The summed E-state index contributed by atoms with van der Waals surface area (Å²) in [6.45, 7) is 3.91. The highest BCUT2D eigenvalue weighted by molar-refractivity contribution is 5.38. The van der Waals surface area contributed by atoms with Crippen molar-refractivity contribution in [2.45, 2.75) is 32.3 Å². The summed E-state index contributed by atoms with van der Waals surface area (Å²) in [6.07, 6.45) is 2.27. The van der Waals surface area contributed by atoms with Crippen LogP contribution in [0.15, 0.2) is 18.2 Å². The van der Waals surface area contributed by atoms with E-state index in [-0.39, 0.29) is 0 Å². The molecule has 0 saturated heterocycles. The molecule has 0 heterocycles. The van der Waals surface area contributed by atoms with Gasteiger partial charge in [-0.25, -0.2) is 0 Å². The average Bonchev–Trinajstić information content (AvgIpc) is 3.00. The second-order valence-electron chi connectivity index (χ2n) is 4.61. The average molecular weight is 206 g/mol. The molecule has 1 atom stereocenters. The zero-order valence-electron chi connectivity index (χ0n) is 9.58. The molecular weight excluding hydrogens is 188 g/mol. The summed E-state index contributed by atoms with van der Waals surface area (Å²) in [5, 5.41) is 10.4. The van der Waals surface area contributed by atoms with E-state index in [1.165, 1.54) is 0 Å². The van der Waals surface area contributed by atoms with Gasteiger partial charge in [0.25, 0.3) is 0 Å². The summed E-state index contributed by atoms with van der Waals surface area (Å²) in [4.78, 5) is 0. The van der Waals surface area contributed by atoms with E-state index in [2.05, 4.69) is 0 Å². The van der Waals surface area contributed by atoms with E-state index in [9.17, 15) is 5.11 Å². The minimum atomic E-state index is -0.670. The molecular formula is C13H18O2. The van der Waals surface area contributed by atoms with Crippen LogP contribution in [0.4, 0.5) is 0 Å². The van der Waals surface area contributed by atoms with E-state index in [1.54, 1.807) is 7.11 Å². The molecule has 1 aliphatic rings. The standard InChI is InChI=1S/C13H18O2/c1-9-8-11(6-7-12(9)15-3)13(2,14)10-4-5-10/h6-8,10,14H,4-5H2,1-3H3/t13-/m0/s1. The highest BCUT2D eigenvalue weighted by Crippen LogP contribution is 2.45. The third-order valence-electron chi connectivity index (χ3n) is 3.35. The fourth-order valence-electron chi connectivity index (χ4n) is 2.07. The number of hydrogen-bond acceptors (Lipinski definition) is 2. The first-order chi connectivity index (χ1) is 7.05. The third-order valence-corrected chi connectivity index (χ3v) is 3.35. The van der Waals surface area contributed by atoms with Crippen molar-refractivity contribution >= 4 is 0 Å². The minimum absolute atomic E-state index is 0.435. The quantitative estimate of drug-likeness (QED) is 0.823. The van der Waals surface area contributed by atoms with E-state index in [4.69, 9.17) is 4.74 Å². The number of hydrogen-bond donors (Lipinski definition) is 1. The van der Waals surface area contributed by atoms with Gasteiger partial charge >= 0.3 is 0 Å². The predicted molar refractivity (Wildman–Crippen MR) is 60.0 cm³/mol. The molecule has 1 saturated carbocycles. The highest BCUT2D eigenvalue weighted by Gasteiger charge is 2.41. The number of ether oxygens (including phenoxy) is 1. The van der Waals surface area contributed by atoms with Crippen LogP contribution in [0.1, 0.15) is 30.9 Å². The lowest BCUT2D eigenvalue weighted by Crippen LogP contribution is -2.23. The molecule has 1 N–H and O–H groups in total. The molecule has 0 aliphatic heterocycles. The van der Waals surface area contributed by atoms with E-state index < -0.39 is 5.60 Å². The lowest BCUT2D eigenvalue weighted by molar-refractivity contribution is 0.0330. The van der Waals surface area contributed by atoms with E-state index in [1.807, 2.05) is 32.0 Å². The Labute approximate surface area is 90.9 Å². The smallest absolute Gasteiger partial charge is 0.121 e. The van der Waals surface area contributed by atoms with Crippen LogP contribution < -0.4 is 4.74 Å². The molecule has 0 bridgehead atoms. The van der Waals surface area contributed by atoms with Crippen molar-refractivity contribution in [1.29, 1.82) is 0 Å². The van der Waals surface area contributed by atoms with Crippen molar-refractivity contribution in [3.63, 3.8) is 0 Å². The number of rotatable bonds is 3. The molecule has 2 heteroatoms. The van der Waals surface area contributed by atoms with Gasteiger partial charge in [0.15, 0.2) is 0 Å². The van der Waals surface area contributed by atoms with Crippen LogP contribution in [0.2, 0.25) is 0 Å². The molecule has 15 heavy (non-hydrogen) atoms. The van der Waals surface area contributed by atoms with Crippen molar-refractivity contribution in [2.75, 3.05) is 7.11 Å². The monoisotopic (exact) mass is 206 g/mol. The van der Waals surface area contributed by atoms with Gasteiger partial charge in [-0.2, -0.15) is 0 Å². The second kappa shape index (κ2) is 3.53. The summed E-state index contributed by atoms with van der Waals surface area (Å²) >= 11 is 0. The Bertz CT molecular complexity index is 365. The molecule has 0 unspecified atom stereocenters. The van der Waals surface area contributed by atoms with Crippen LogP contribution in [0, 0.1) is 12.8 Å². The zero-order valence-corrected chi connectivity index (χ0v) is 9.58. The summed E-state index contributed by atoms with van der Waals surface area (Å²) in [6, 6.07) is 5.92. The van der Waals surface area contributed by atoms with Crippen molar-refractivity contribution in [1.82, 2.24) is 0 Å². The van der Waals surface area contributed by atoms with E-state index in [0.29, 0.717) is 5.92 Å². The molecule has 2 nitrogen and oxygen atoms in total. The third kappa shape index (κ3) is 1.86. The Balaban J connectivity index is 2.32. The van der Waals surface area contributed by atoms with Crippen LogP contribution in [0.25, 0.3) is 0 Å². The normalized spacial score (nSPS) is 19.7. The molecule has 0 spiro atoms. The van der Waals surface area contributed by atoms with Gasteiger partial charge in [0.1, 0.15) is 5.75 Å². The van der Waals surface area contributed by atoms with Gasteiger partial charge in [0.2, 0.25) is 0 Å². The van der Waals surface area contributed by atoms with Crippen LogP contribution >= 0.6 is 0 Å². The molecule has 82 valence electrons. The van der Waals surface area contributed by atoms with Gasteiger partial charge in [0, 0.05) is 0 Å². The van der Waals surface area contributed by atoms with Gasteiger partial charge in [0.05, 0.1) is 12.7 Å². The van der Waals surface area contributed by atoms with Crippen LogP contribution in [0.5, 0.6) is 5.75 Å². The summed E-state index contributed by atoms with van der Waals surface area (Å²) < 4.78 is 5.21. The predicted octanol–water partition coefficient (Wildman–Crippen LogP) is 2.62. The number of aryl methyl sites for hydroxylation is 1. The fraction of sp³-hybridized carbons (Fsp3) is 0.538. The van der Waals surface area contributed by atoms with Gasteiger partial charge in [-0.1, -0.05) is 6.07 Å². The van der Waals surface area contributed by atoms with E-state index in [0.717, 1.165) is 29.7 Å². The lowest BCUT2D eigenvalue weighted by Gasteiger charge is -2.24. The summed E-state index contributed by atoms with van der Waals surface area (Å²) in [7, 11) is 1.67. The SMILES string of the molecule is COc1ccc([C@@](C)(O)C2CC2)cc1C. The van der Waals surface area contributed by atoms with Crippen molar-refractivity contribution < 1.29 is 9.84 Å². The first-order valence-corrected chi connectivity index (χ1v) is 5.43. The maximum Gasteiger partial charge on any atom is 0.121 e. The fourth-order valence-corrected chi connectivity index (χ4v) is 2.07. The highest BCUT2D eigenvalue weighted by atomic mass is 16.5. The summed E-state index contributed by atoms with van der Waals surface area (Å²) in [5.41, 5.74) is 1.41. The first kappa shape index (κ1) is 10.5. The van der Waals surface area contributed by atoms with Crippen LogP contribution in [0.3, 0.4) is 0 Å². The molecule has 1 aromatic rings. The van der Waals surface area contributed by atoms with E-state index >= 15 is 0 Å². The Hall–Kier alpha value is -1.02. The Morgan fingerprint density at radius 1 is 1.40 bits per heavy atom. The molecule has 0 amide bonds. The molecule has 0 radical (unpaired) electrons. The number of aliphatic hydroxyl groups is 1. The van der Waals surface area contributed by atoms with Crippen molar-refractivity contribution in [3.05, 3.63) is 29.3 Å². The molecule has 2 rings (SSSR count).